The maximum atomic E-state index is 5.70. The lowest BCUT2D eigenvalue weighted by Gasteiger charge is -2.04. The number of rotatable bonds is 5. The van der Waals surface area contributed by atoms with E-state index >= 15 is 0 Å². The van der Waals surface area contributed by atoms with Crippen molar-refractivity contribution in [3.8, 4) is 11.1 Å². The Labute approximate surface area is 150 Å². The van der Waals surface area contributed by atoms with Crippen LogP contribution in [-0.2, 0) is 6.42 Å². The smallest absolute Gasteiger partial charge is 0.263 e. The van der Waals surface area contributed by atoms with Crippen molar-refractivity contribution in [3.05, 3.63) is 72.3 Å². The number of hydrazone groups is 1. The first kappa shape index (κ1) is 15.9. The highest BCUT2D eigenvalue weighted by Gasteiger charge is 2.11. The summed E-state index contributed by atoms with van der Waals surface area (Å²) in [6.45, 7) is 2.15. The van der Waals surface area contributed by atoms with Crippen LogP contribution in [0.25, 0.3) is 16.6 Å². The molecule has 7 nitrogen and oxygen atoms in total. The maximum absolute atomic E-state index is 5.70. The van der Waals surface area contributed by atoms with Gasteiger partial charge in [0.15, 0.2) is 0 Å². The summed E-state index contributed by atoms with van der Waals surface area (Å²) < 4.78 is 3.43. The van der Waals surface area contributed by atoms with Gasteiger partial charge in [0, 0.05) is 17.3 Å². The molecule has 130 valence electrons. The summed E-state index contributed by atoms with van der Waals surface area (Å²) in [6, 6.07) is 16.7. The fourth-order valence-corrected chi connectivity index (χ4v) is 2.90. The average molecular weight is 345 g/mol. The van der Waals surface area contributed by atoms with Crippen molar-refractivity contribution in [1.29, 1.82) is 0 Å². The molecule has 0 aliphatic carbocycles. The van der Waals surface area contributed by atoms with E-state index in [9.17, 15) is 0 Å². The van der Waals surface area contributed by atoms with Crippen LogP contribution < -0.4 is 11.3 Å². The molecule has 0 aliphatic rings. The van der Waals surface area contributed by atoms with Crippen molar-refractivity contribution >= 4 is 17.7 Å². The zero-order chi connectivity index (χ0) is 17.9. The Kier molecular flexibility index (Phi) is 4.10. The SMILES string of the molecule is CCc1ccc2cc(-c3ccccc3)c(/C=N\Nc3nncn3N)n2c1. The number of anilines is 1. The number of pyridine rings is 1. The summed E-state index contributed by atoms with van der Waals surface area (Å²) in [5.74, 6) is 6.07. The largest absolute Gasteiger partial charge is 0.335 e. The monoisotopic (exact) mass is 345 g/mol. The summed E-state index contributed by atoms with van der Waals surface area (Å²) in [6.07, 6.45) is 6.31. The molecule has 3 aromatic heterocycles. The van der Waals surface area contributed by atoms with E-state index in [0.29, 0.717) is 5.95 Å². The highest BCUT2D eigenvalue weighted by Crippen LogP contribution is 2.27. The van der Waals surface area contributed by atoms with E-state index in [1.165, 1.54) is 16.6 Å². The van der Waals surface area contributed by atoms with Crippen LogP contribution >= 0.6 is 0 Å². The van der Waals surface area contributed by atoms with Gasteiger partial charge in [-0.05, 0) is 29.7 Å². The summed E-state index contributed by atoms with van der Waals surface area (Å²) in [5.41, 5.74) is 8.43. The molecule has 26 heavy (non-hydrogen) atoms. The molecular formula is C19H19N7. The summed E-state index contributed by atoms with van der Waals surface area (Å²) in [5, 5.41) is 11.9. The normalized spacial score (nSPS) is 11.4. The Morgan fingerprint density at radius 3 is 2.77 bits per heavy atom. The molecule has 0 radical (unpaired) electrons. The van der Waals surface area contributed by atoms with Crippen molar-refractivity contribution < 1.29 is 0 Å². The lowest BCUT2D eigenvalue weighted by Crippen LogP contribution is -2.10. The van der Waals surface area contributed by atoms with Crippen molar-refractivity contribution in [2.45, 2.75) is 13.3 Å². The van der Waals surface area contributed by atoms with Gasteiger partial charge in [0.25, 0.3) is 5.95 Å². The Bertz CT molecular complexity index is 1060. The molecule has 0 spiro atoms. The van der Waals surface area contributed by atoms with Crippen molar-refractivity contribution in [3.63, 3.8) is 0 Å². The standard InChI is InChI=1S/C19H19N7/c1-2-14-8-9-16-10-17(15-6-4-3-5-7-15)18(25(16)12-14)11-21-23-19-24-22-13-26(19)20/h3-13H,2,20H2,1H3,(H,23,24)/b21-11-. The molecule has 0 atom stereocenters. The number of benzene rings is 1. The van der Waals surface area contributed by atoms with Gasteiger partial charge >= 0.3 is 0 Å². The quantitative estimate of drug-likeness (QED) is 0.331. The van der Waals surface area contributed by atoms with Gasteiger partial charge in [0.05, 0.1) is 11.9 Å². The molecule has 0 fully saturated rings. The molecule has 0 saturated heterocycles. The minimum Gasteiger partial charge on any atom is -0.335 e. The van der Waals surface area contributed by atoms with E-state index in [2.05, 4.69) is 68.6 Å². The van der Waals surface area contributed by atoms with E-state index in [4.69, 9.17) is 5.84 Å². The van der Waals surface area contributed by atoms with E-state index in [-0.39, 0.29) is 0 Å². The van der Waals surface area contributed by atoms with Gasteiger partial charge in [0.1, 0.15) is 6.33 Å². The highest BCUT2D eigenvalue weighted by atomic mass is 15.5. The number of nitrogens with two attached hydrogens (primary N) is 1. The fourth-order valence-electron chi connectivity index (χ4n) is 2.90. The van der Waals surface area contributed by atoms with Gasteiger partial charge in [-0.2, -0.15) is 5.10 Å². The second kappa shape index (κ2) is 6.72. The number of nitrogens with zero attached hydrogens (tertiary/aromatic N) is 5. The minimum atomic E-state index is 0.373. The first-order chi connectivity index (χ1) is 12.8. The van der Waals surface area contributed by atoms with E-state index in [1.54, 1.807) is 6.21 Å². The van der Waals surface area contributed by atoms with E-state index < -0.39 is 0 Å². The highest BCUT2D eigenvalue weighted by molar-refractivity contribution is 5.92. The molecule has 0 bridgehead atoms. The van der Waals surface area contributed by atoms with Crippen LogP contribution in [0.15, 0.2) is 66.2 Å². The molecular weight excluding hydrogens is 326 g/mol. The fraction of sp³-hybridized carbons (Fsp3) is 0.105. The van der Waals surface area contributed by atoms with Crippen LogP contribution in [0.5, 0.6) is 0 Å². The van der Waals surface area contributed by atoms with Crippen LogP contribution in [0, 0.1) is 0 Å². The van der Waals surface area contributed by atoms with Crippen molar-refractivity contribution in [2.75, 3.05) is 11.3 Å². The third kappa shape index (κ3) is 2.90. The summed E-state index contributed by atoms with van der Waals surface area (Å²) >= 11 is 0. The van der Waals surface area contributed by atoms with Crippen LogP contribution in [0.1, 0.15) is 18.2 Å². The number of aromatic nitrogens is 4. The summed E-state index contributed by atoms with van der Waals surface area (Å²) in [4.78, 5) is 0. The molecule has 3 N–H and O–H groups in total. The van der Waals surface area contributed by atoms with Gasteiger partial charge in [-0.25, -0.2) is 10.1 Å². The predicted molar refractivity (Wildman–Crippen MR) is 104 cm³/mol. The predicted octanol–water partition coefficient (Wildman–Crippen LogP) is 2.92. The number of hydrogen-bond acceptors (Lipinski definition) is 5. The van der Waals surface area contributed by atoms with Gasteiger partial charge in [-0.15, -0.1) is 10.2 Å². The average Bonchev–Trinajstić information content (AvgIpc) is 3.26. The molecule has 0 aliphatic heterocycles. The first-order valence-corrected chi connectivity index (χ1v) is 8.40. The van der Waals surface area contributed by atoms with Crippen LogP contribution in [0.2, 0.25) is 0 Å². The topological polar surface area (TPSA) is 85.5 Å². The van der Waals surface area contributed by atoms with E-state index in [1.807, 2.05) is 18.2 Å². The van der Waals surface area contributed by atoms with Gasteiger partial charge in [-0.3, -0.25) is 0 Å². The third-order valence-electron chi connectivity index (χ3n) is 4.29. The molecule has 0 unspecified atom stereocenters. The number of aryl methyl sites for hydroxylation is 1. The minimum absolute atomic E-state index is 0.373. The maximum Gasteiger partial charge on any atom is 0.263 e. The van der Waals surface area contributed by atoms with E-state index in [0.717, 1.165) is 28.8 Å². The van der Waals surface area contributed by atoms with Crippen molar-refractivity contribution in [2.24, 2.45) is 5.10 Å². The number of fused-ring (bicyclic) bond motifs is 1. The summed E-state index contributed by atoms with van der Waals surface area (Å²) in [7, 11) is 0. The lowest BCUT2D eigenvalue weighted by atomic mass is 10.1. The van der Waals surface area contributed by atoms with Crippen molar-refractivity contribution in [1.82, 2.24) is 19.3 Å². The number of hydrogen-bond donors (Lipinski definition) is 2. The first-order valence-electron chi connectivity index (χ1n) is 8.40. The number of nitrogen functional groups attached to an aromatic ring is 1. The lowest BCUT2D eigenvalue weighted by molar-refractivity contribution is 0.988. The van der Waals surface area contributed by atoms with Gasteiger partial charge in [-0.1, -0.05) is 43.3 Å². The third-order valence-corrected chi connectivity index (χ3v) is 4.29. The molecule has 3 heterocycles. The molecule has 7 heteroatoms. The Hall–Kier alpha value is -3.61. The second-order valence-corrected chi connectivity index (χ2v) is 5.93. The molecule has 0 amide bonds. The Morgan fingerprint density at radius 1 is 1.19 bits per heavy atom. The van der Waals surface area contributed by atoms with Crippen LogP contribution in [-0.4, -0.2) is 25.5 Å². The Morgan fingerprint density at radius 2 is 2.04 bits per heavy atom. The molecule has 1 aromatic carbocycles. The van der Waals surface area contributed by atoms with Gasteiger partial charge in [0.2, 0.25) is 0 Å². The number of nitrogens with one attached hydrogen (secondary N) is 1. The molecule has 4 rings (SSSR count). The molecule has 4 aromatic rings. The van der Waals surface area contributed by atoms with Crippen LogP contribution in [0.4, 0.5) is 5.95 Å². The van der Waals surface area contributed by atoms with Crippen LogP contribution in [0.3, 0.4) is 0 Å². The molecule has 0 saturated carbocycles. The second-order valence-electron chi connectivity index (χ2n) is 5.93. The van der Waals surface area contributed by atoms with Gasteiger partial charge < -0.3 is 10.2 Å². The Balaban J connectivity index is 1.80. The zero-order valence-electron chi connectivity index (χ0n) is 14.4. The zero-order valence-corrected chi connectivity index (χ0v) is 14.4.